The maximum absolute atomic E-state index is 12.6. The van der Waals surface area contributed by atoms with E-state index in [4.69, 9.17) is 11.0 Å². The van der Waals surface area contributed by atoms with E-state index in [2.05, 4.69) is 10.3 Å². The highest BCUT2D eigenvalue weighted by Gasteiger charge is 2.31. The fourth-order valence-electron chi connectivity index (χ4n) is 1.75. The zero-order valence-electron chi connectivity index (χ0n) is 11.0. The fourth-order valence-corrected chi connectivity index (χ4v) is 1.75. The highest BCUT2D eigenvalue weighted by atomic mass is 19.4. The molecular formula is C14H11F3N4. The summed E-state index contributed by atoms with van der Waals surface area (Å²) < 4.78 is 37.8. The standard InChI is InChI=1S/C14H11F3N4/c1-8-4-11(19)13(20-7-8)21-12-3-2-10(14(15,16)17)5-9(12)6-18/h2-5,7H,19H2,1H3,(H,20,21). The van der Waals surface area contributed by atoms with Crippen LogP contribution in [0, 0.1) is 18.3 Å². The minimum absolute atomic E-state index is 0.133. The molecule has 0 aliphatic heterocycles. The van der Waals surface area contributed by atoms with Crippen LogP contribution in [0.5, 0.6) is 0 Å². The molecule has 0 unspecified atom stereocenters. The lowest BCUT2D eigenvalue weighted by Gasteiger charge is -2.12. The number of alkyl halides is 3. The Morgan fingerprint density at radius 3 is 2.57 bits per heavy atom. The number of aryl methyl sites for hydroxylation is 1. The second kappa shape index (κ2) is 5.32. The largest absolute Gasteiger partial charge is 0.416 e. The first-order valence-corrected chi connectivity index (χ1v) is 5.92. The van der Waals surface area contributed by atoms with Crippen LogP contribution in [-0.4, -0.2) is 4.98 Å². The molecule has 2 rings (SSSR count). The van der Waals surface area contributed by atoms with Gasteiger partial charge in [0.1, 0.15) is 6.07 Å². The Bertz CT molecular complexity index is 717. The summed E-state index contributed by atoms with van der Waals surface area (Å²) in [6.07, 6.45) is -2.93. The topological polar surface area (TPSA) is 74.7 Å². The number of nitrogen functional groups attached to an aromatic ring is 1. The zero-order chi connectivity index (χ0) is 15.6. The third-order valence-electron chi connectivity index (χ3n) is 2.77. The highest BCUT2D eigenvalue weighted by molar-refractivity contribution is 5.72. The van der Waals surface area contributed by atoms with E-state index in [1.807, 2.05) is 6.92 Å². The van der Waals surface area contributed by atoms with Crippen molar-refractivity contribution >= 4 is 17.2 Å². The van der Waals surface area contributed by atoms with Gasteiger partial charge in [-0.1, -0.05) is 0 Å². The van der Waals surface area contributed by atoms with Crippen molar-refractivity contribution in [2.24, 2.45) is 0 Å². The SMILES string of the molecule is Cc1cnc(Nc2ccc(C(F)(F)F)cc2C#N)c(N)c1. The molecule has 0 radical (unpaired) electrons. The second-order valence-corrected chi connectivity index (χ2v) is 4.45. The Morgan fingerprint density at radius 1 is 1.29 bits per heavy atom. The number of hydrogen-bond donors (Lipinski definition) is 2. The summed E-state index contributed by atoms with van der Waals surface area (Å²) in [5.41, 5.74) is 6.17. The van der Waals surface area contributed by atoms with E-state index < -0.39 is 11.7 Å². The van der Waals surface area contributed by atoms with Gasteiger partial charge < -0.3 is 11.1 Å². The van der Waals surface area contributed by atoms with Gasteiger partial charge in [0, 0.05) is 6.20 Å². The average Bonchev–Trinajstić information content (AvgIpc) is 2.41. The van der Waals surface area contributed by atoms with Gasteiger partial charge in [0.2, 0.25) is 0 Å². The van der Waals surface area contributed by atoms with Gasteiger partial charge in [0.25, 0.3) is 0 Å². The van der Waals surface area contributed by atoms with Crippen molar-refractivity contribution in [3.63, 3.8) is 0 Å². The number of pyridine rings is 1. The quantitative estimate of drug-likeness (QED) is 0.886. The number of aromatic nitrogens is 1. The van der Waals surface area contributed by atoms with Crippen LogP contribution < -0.4 is 11.1 Å². The molecular weight excluding hydrogens is 281 g/mol. The van der Waals surface area contributed by atoms with Crippen LogP contribution in [0.1, 0.15) is 16.7 Å². The van der Waals surface area contributed by atoms with E-state index in [9.17, 15) is 13.2 Å². The number of rotatable bonds is 2. The Labute approximate surface area is 119 Å². The predicted octanol–water partition coefficient (Wildman–Crippen LogP) is 3.61. The molecule has 4 nitrogen and oxygen atoms in total. The molecule has 7 heteroatoms. The number of nitrogens with one attached hydrogen (secondary N) is 1. The molecule has 1 aromatic heterocycles. The Hall–Kier alpha value is -2.75. The minimum Gasteiger partial charge on any atom is -0.396 e. The van der Waals surface area contributed by atoms with Crippen LogP contribution in [0.4, 0.5) is 30.4 Å². The predicted molar refractivity (Wildman–Crippen MR) is 72.8 cm³/mol. The van der Waals surface area contributed by atoms with Crippen LogP contribution in [0.15, 0.2) is 30.5 Å². The number of halogens is 3. The molecule has 3 N–H and O–H groups in total. The van der Waals surface area contributed by atoms with Gasteiger partial charge in [-0.25, -0.2) is 4.98 Å². The molecule has 1 aromatic carbocycles. The molecule has 2 aromatic rings. The van der Waals surface area contributed by atoms with Crippen LogP contribution in [-0.2, 0) is 6.18 Å². The highest BCUT2D eigenvalue weighted by Crippen LogP contribution is 2.32. The van der Waals surface area contributed by atoms with Gasteiger partial charge >= 0.3 is 6.18 Å². The summed E-state index contributed by atoms with van der Waals surface area (Å²) >= 11 is 0. The molecule has 0 bridgehead atoms. The van der Waals surface area contributed by atoms with E-state index in [1.54, 1.807) is 18.3 Å². The normalized spacial score (nSPS) is 11.0. The minimum atomic E-state index is -4.49. The molecule has 21 heavy (non-hydrogen) atoms. The molecule has 0 aliphatic carbocycles. The fraction of sp³-hybridized carbons (Fsp3) is 0.143. The van der Waals surface area contributed by atoms with Crippen molar-refractivity contribution in [1.29, 1.82) is 5.26 Å². The lowest BCUT2D eigenvalue weighted by Crippen LogP contribution is -2.07. The first kappa shape index (κ1) is 14.7. The lowest BCUT2D eigenvalue weighted by atomic mass is 10.1. The summed E-state index contributed by atoms with van der Waals surface area (Å²) in [6, 6.07) is 6.26. The monoisotopic (exact) mass is 292 g/mol. The molecule has 0 saturated carbocycles. The molecule has 108 valence electrons. The van der Waals surface area contributed by atoms with Gasteiger partial charge in [-0.3, -0.25) is 0 Å². The van der Waals surface area contributed by atoms with Gasteiger partial charge in [-0.2, -0.15) is 18.4 Å². The van der Waals surface area contributed by atoms with Crippen LogP contribution in [0.2, 0.25) is 0 Å². The molecule has 0 atom stereocenters. The lowest BCUT2D eigenvalue weighted by molar-refractivity contribution is -0.137. The van der Waals surface area contributed by atoms with E-state index in [0.717, 1.165) is 17.7 Å². The van der Waals surface area contributed by atoms with E-state index in [0.29, 0.717) is 5.69 Å². The third kappa shape index (κ3) is 3.23. The summed E-state index contributed by atoms with van der Waals surface area (Å²) in [7, 11) is 0. The number of nitrogens with two attached hydrogens (primary N) is 1. The van der Waals surface area contributed by atoms with Crippen molar-refractivity contribution < 1.29 is 13.2 Å². The number of anilines is 3. The van der Waals surface area contributed by atoms with Crippen molar-refractivity contribution in [1.82, 2.24) is 4.98 Å². The summed E-state index contributed by atoms with van der Waals surface area (Å²) in [6.45, 7) is 1.81. The van der Waals surface area contributed by atoms with E-state index in [1.165, 1.54) is 6.07 Å². The van der Waals surface area contributed by atoms with E-state index >= 15 is 0 Å². The number of hydrogen-bond acceptors (Lipinski definition) is 4. The van der Waals surface area contributed by atoms with Crippen molar-refractivity contribution in [2.45, 2.75) is 13.1 Å². The van der Waals surface area contributed by atoms with Gasteiger partial charge in [0.05, 0.1) is 22.5 Å². The summed E-state index contributed by atoms with van der Waals surface area (Å²) in [4.78, 5) is 4.05. The first-order valence-electron chi connectivity index (χ1n) is 5.92. The Kier molecular flexibility index (Phi) is 3.72. The number of benzene rings is 1. The van der Waals surface area contributed by atoms with Crippen molar-refractivity contribution in [3.05, 3.63) is 47.2 Å². The van der Waals surface area contributed by atoms with Gasteiger partial charge in [0.15, 0.2) is 5.82 Å². The van der Waals surface area contributed by atoms with Crippen LogP contribution in [0.25, 0.3) is 0 Å². The zero-order valence-corrected chi connectivity index (χ0v) is 11.0. The first-order chi connectivity index (χ1) is 9.81. The Morgan fingerprint density at radius 2 is 2.00 bits per heavy atom. The summed E-state index contributed by atoms with van der Waals surface area (Å²) in [5, 5.41) is 11.8. The van der Waals surface area contributed by atoms with Crippen molar-refractivity contribution in [3.8, 4) is 6.07 Å². The summed E-state index contributed by atoms with van der Waals surface area (Å²) in [5.74, 6) is 0.289. The van der Waals surface area contributed by atoms with Gasteiger partial charge in [-0.15, -0.1) is 0 Å². The smallest absolute Gasteiger partial charge is 0.396 e. The molecule has 1 heterocycles. The average molecular weight is 292 g/mol. The second-order valence-electron chi connectivity index (χ2n) is 4.45. The number of nitriles is 1. The molecule has 0 spiro atoms. The molecule has 0 amide bonds. The number of nitrogens with zero attached hydrogens (tertiary/aromatic N) is 2. The third-order valence-corrected chi connectivity index (χ3v) is 2.77. The van der Waals surface area contributed by atoms with Crippen LogP contribution >= 0.6 is 0 Å². The van der Waals surface area contributed by atoms with Crippen LogP contribution in [0.3, 0.4) is 0 Å². The molecule has 0 fully saturated rings. The van der Waals surface area contributed by atoms with Gasteiger partial charge in [-0.05, 0) is 36.8 Å². The van der Waals surface area contributed by atoms with Crippen molar-refractivity contribution in [2.75, 3.05) is 11.1 Å². The van der Waals surface area contributed by atoms with E-state index in [-0.39, 0.29) is 17.1 Å². The maximum atomic E-state index is 12.6. The maximum Gasteiger partial charge on any atom is 0.416 e. The Balaban J connectivity index is 2.39. The molecule has 0 saturated heterocycles. The molecule has 0 aliphatic rings.